The summed E-state index contributed by atoms with van der Waals surface area (Å²) in [5.74, 6) is 0. The van der Waals surface area contributed by atoms with Gasteiger partial charge in [-0.15, -0.1) is 0 Å². The number of hydrogen-bond donors (Lipinski definition) is 3. The van der Waals surface area contributed by atoms with Gasteiger partial charge in [0, 0.05) is 36.6 Å². The highest BCUT2D eigenvalue weighted by Gasteiger charge is 2.14. The average Bonchev–Trinajstić information content (AvgIpc) is 3.05. The van der Waals surface area contributed by atoms with E-state index in [4.69, 9.17) is 0 Å². The fourth-order valence-electron chi connectivity index (χ4n) is 2.44. The Balaban J connectivity index is 1.69. The molecule has 94 valence electrons. The summed E-state index contributed by atoms with van der Waals surface area (Å²) in [5.41, 5.74) is 5.30. The summed E-state index contributed by atoms with van der Waals surface area (Å²) in [4.78, 5) is 0. The molecule has 3 N–H and O–H groups in total. The molecule has 4 heteroatoms. The van der Waals surface area contributed by atoms with Crippen molar-refractivity contribution >= 4 is 5.69 Å². The van der Waals surface area contributed by atoms with Crippen molar-refractivity contribution in [3.63, 3.8) is 0 Å². The van der Waals surface area contributed by atoms with Crippen LogP contribution in [0.1, 0.15) is 29.7 Å². The van der Waals surface area contributed by atoms with Crippen LogP contribution in [-0.2, 0) is 13.0 Å². The van der Waals surface area contributed by atoms with Crippen molar-refractivity contribution in [1.29, 1.82) is 0 Å². The average molecular weight is 242 g/mol. The second kappa shape index (κ2) is 4.82. The normalized spacial score (nSPS) is 15.2. The standard InChI is InChI=1S/C14H18N4/c1-10(13-8-17-18-9-13)16-7-12-4-2-3-11-5-6-15-14(11)12/h2-4,8-10,15-16H,5-7H2,1H3,(H,17,18). The van der Waals surface area contributed by atoms with Gasteiger partial charge in [-0.25, -0.2) is 0 Å². The topological polar surface area (TPSA) is 52.7 Å². The molecule has 0 saturated carbocycles. The van der Waals surface area contributed by atoms with Crippen LogP contribution in [0.25, 0.3) is 0 Å². The molecular weight excluding hydrogens is 224 g/mol. The van der Waals surface area contributed by atoms with E-state index in [1.165, 1.54) is 22.4 Å². The van der Waals surface area contributed by atoms with E-state index in [0.29, 0.717) is 6.04 Å². The number of aromatic amines is 1. The third kappa shape index (κ3) is 2.11. The number of aromatic nitrogens is 2. The molecule has 3 rings (SSSR count). The Morgan fingerprint density at radius 1 is 1.44 bits per heavy atom. The zero-order valence-electron chi connectivity index (χ0n) is 10.5. The molecule has 18 heavy (non-hydrogen) atoms. The lowest BCUT2D eigenvalue weighted by Crippen LogP contribution is -2.18. The number of fused-ring (bicyclic) bond motifs is 1. The molecule has 4 nitrogen and oxygen atoms in total. The number of H-pyrrole nitrogens is 1. The van der Waals surface area contributed by atoms with E-state index < -0.39 is 0 Å². The molecule has 0 bridgehead atoms. The monoisotopic (exact) mass is 242 g/mol. The van der Waals surface area contributed by atoms with Crippen LogP contribution in [0.2, 0.25) is 0 Å². The van der Waals surface area contributed by atoms with Gasteiger partial charge in [-0.05, 0) is 24.5 Å². The third-order valence-electron chi connectivity index (χ3n) is 3.55. The maximum Gasteiger partial charge on any atom is 0.0534 e. The van der Waals surface area contributed by atoms with Gasteiger partial charge in [0.25, 0.3) is 0 Å². The molecule has 0 fully saturated rings. The molecule has 1 aromatic heterocycles. The second-order valence-corrected chi connectivity index (χ2v) is 4.76. The minimum atomic E-state index is 0.306. The van der Waals surface area contributed by atoms with Gasteiger partial charge in [-0.1, -0.05) is 18.2 Å². The largest absolute Gasteiger partial charge is 0.384 e. The van der Waals surface area contributed by atoms with E-state index in [1.54, 1.807) is 0 Å². The zero-order valence-corrected chi connectivity index (χ0v) is 10.5. The van der Waals surface area contributed by atoms with Gasteiger partial charge >= 0.3 is 0 Å². The fourth-order valence-corrected chi connectivity index (χ4v) is 2.44. The van der Waals surface area contributed by atoms with Gasteiger partial charge in [0.05, 0.1) is 6.20 Å². The lowest BCUT2D eigenvalue weighted by Gasteiger charge is -2.14. The highest BCUT2D eigenvalue weighted by molar-refractivity contribution is 5.61. The first-order chi connectivity index (χ1) is 8.84. The molecule has 2 aromatic rings. The number of nitrogens with one attached hydrogen (secondary N) is 3. The van der Waals surface area contributed by atoms with Crippen molar-refractivity contribution in [1.82, 2.24) is 15.5 Å². The van der Waals surface area contributed by atoms with Gasteiger partial charge < -0.3 is 10.6 Å². The molecule has 0 saturated heterocycles. The number of para-hydroxylation sites is 1. The fraction of sp³-hybridized carbons (Fsp3) is 0.357. The van der Waals surface area contributed by atoms with E-state index in [-0.39, 0.29) is 0 Å². The Labute approximate surface area is 107 Å². The van der Waals surface area contributed by atoms with Crippen LogP contribution < -0.4 is 10.6 Å². The quantitative estimate of drug-likeness (QED) is 0.770. The van der Waals surface area contributed by atoms with Crippen molar-refractivity contribution in [2.45, 2.75) is 25.9 Å². The van der Waals surface area contributed by atoms with Crippen molar-refractivity contribution in [2.24, 2.45) is 0 Å². The van der Waals surface area contributed by atoms with Crippen LogP contribution in [0.15, 0.2) is 30.6 Å². The smallest absolute Gasteiger partial charge is 0.0534 e. The molecule has 0 radical (unpaired) electrons. The molecule has 1 aromatic carbocycles. The molecule has 2 heterocycles. The molecule has 0 aliphatic carbocycles. The zero-order chi connectivity index (χ0) is 12.4. The summed E-state index contributed by atoms with van der Waals surface area (Å²) in [5, 5.41) is 13.8. The third-order valence-corrected chi connectivity index (χ3v) is 3.55. The Bertz CT molecular complexity index is 519. The van der Waals surface area contributed by atoms with E-state index in [9.17, 15) is 0 Å². The summed E-state index contributed by atoms with van der Waals surface area (Å²) < 4.78 is 0. The predicted octanol–water partition coefficient (Wildman–Crippen LogP) is 2.23. The second-order valence-electron chi connectivity index (χ2n) is 4.76. The van der Waals surface area contributed by atoms with Crippen LogP contribution >= 0.6 is 0 Å². The molecular formula is C14H18N4. The number of benzene rings is 1. The SMILES string of the molecule is CC(NCc1cccc2c1NCC2)c1cn[nH]c1. The number of anilines is 1. The van der Waals surface area contributed by atoms with Crippen molar-refractivity contribution in [3.05, 3.63) is 47.3 Å². The Morgan fingerprint density at radius 3 is 3.22 bits per heavy atom. The maximum absolute atomic E-state index is 3.98. The van der Waals surface area contributed by atoms with E-state index >= 15 is 0 Å². The number of rotatable bonds is 4. The summed E-state index contributed by atoms with van der Waals surface area (Å²) >= 11 is 0. The molecule has 1 unspecified atom stereocenters. The van der Waals surface area contributed by atoms with Gasteiger partial charge in [0.2, 0.25) is 0 Å². The summed E-state index contributed by atoms with van der Waals surface area (Å²) in [6.07, 6.45) is 4.94. The first-order valence-corrected chi connectivity index (χ1v) is 6.41. The lowest BCUT2D eigenvalue weighted by molar-refractivity contribution is 0.575. The lowest BCUT2D eigenvalue weighted by atomic mass is 10.1. The van der Waals surface area contributed by atoms with Gasteiger partial charge in [0.15, 0.2) is 0 Å². The molecule has 0 amide bonds. The number of nitrogens with zero attached hydrogens (tertiary/aromatic N) is 1. The summed E-state index contributed by atoms with van der Waals surface area (Å²) in [7, 11) is 0. The van der Waals surface area contributed by atoms with Gasteiger partial charge in [0.1, 0.15) is 0 Å². The van der Waals surface area contributed by atoms with Crippen molar-refractivity contribution < 1.29 is 0 Å². The Kier molecular flexibility index (Phi) is 3.02. The van der Waals surface area contributed by atoms with Crippen molar-refractivity contribution in [3.8, 4) is 0 Å². The molecule has 1 aliphatic rings. The van der Waals surface area contributed by atoms with Crippen molar-refractivity contribution in [2.75, 3.05) is 11.9 Å². The minimum absolute atomic E-state index is 0.306. The Morgan fingerprint density at radius 2 is 2.39 bits per heavy atom. The van der Waals surface area contributed by atoms with E-state index in [2.05, 4.69) is 46.0 Å². The number of hydrogen-bond acceptors (Lipinski definition) is 3. The summed E-state index contributed by atoms with van der Waals surface area (Å²) in [6, 6.07) is 6.84. The van der Waals surface area contributed by atoms with Gasteiger partial charge in [-0.3, -0.25) is 5.10 Å². The van der Waals surface area contributed by atoms with Crippen LogP contribution in [0.4, 0.5) is 5.69 Å². The highest BCUT2D eigenvalue weighted by atomic mass is 15.1. The molecule has 0 spiro atoms. The first-order valence-electron chi connectivity index (χ1n) is 6.41. The molecule has 1 aliphatic heterocycles. The minimum Gasteiger partial charge on any atom is -0.384 e. The van der Waals surface area contributed by atoms with E-state index in [1.807, 2.05) is 12.4 Å². The summed E-state index contributed by atoms with van der Waals surface area (Å²) in [6.45, 7) is 4.09. The van der Waals surface area contributed by atoms with Gasteiger partial charge in [-0.2, -0.15) is 5.10 Å². The van der Waals surface area contributed by atoms with Crippen LogP contribution in [0, 0.1) is 0 Å². The molecule has 1 atom stereocenters. The predicted molar refractivity (Wildman–Crippen MR) is 72.5 cm³/mol. The first kappa shape index (κ1) is 11.3. The highest BCUT2D eigenvalue weighted by Crippen LogP contribution is 2.26. The van der Waals surface area contributed by atoms with Crippen LogP contribution in [0.5, 0.6) is 0 Å². The van der Waals surface area contributed by atoms with E-state index in [0.717, 1.165) is 19.5 Å². The van der Waals surface area contributed by atoms with Crippen LogP contribution in [-0.4, -0.2) is 16.7 Å². The van der Waals surface area contributed by atoms with Crippen LogP contribution in [0.3, 0.4) is 0 Å². The Hall–Kier alpha value is -1.81. The maximum atomic E-state index is 3.98.